The minimum Gasteiger partial charge on any atom is -0.303 e. The summed E-state index contributed by atoms with van der Waals surface area (Å²) in [7, 11) is 0. The lowest BCUT2D eigenvalue weighted by Crippen LogP contribution is -2.07. The van der Waals surface area contributed by atoms with Gasteiger partial charge in [0.25, 0.3) is 0 Å². The van der Waals surface area contributed by atoms with Crippen molar-refractivity contribution in [2.24, 2.45) is 0 Å². The molecule has 4 rings (SSSR count). The molecule has 0 radical (unpaired) electrons. The molecule has 1 fully saturated rings. The van der Waals surface area contributed by atoms with Gasteiger partial charge in [-0.1, -0.05) is 41.6 Å². The number of aromatic nitrogens is 4. The number of rotatable bonds is 6. The normalized spacial score (nSPS) is 14.4. The van der Waals surface area contributed by atoms with E-state index in [0.29, 0.717) is 12.0 Å². The summed E-state index contributed by atoms with van der Waals surface area (Å²) < 4.78 is 2.28. The Bertz CT molecular complexity index is 883. The van der Waals surface area contributed by atoms with Gasteiger partial charge in [-0.3, -0.25) is 0 Å². The molecule has 2 heterocycles. The van der Waals surface area contributed by atoms with E-state index in [1.165, 1.54) is 12.8 Å². The summed E-state index contributed by atoms with van der Waals surface area (Å²) in [5.41, 5.74) is 2.04. The van der Waals surface area contributed by atoms with Gasteiger partial charge < -0.3 is 4.57 Å². The Morgan fingerprint density at radius 2 is 2.08 bits per heavy atom. The van der Waals surface area contributed by atoms with Gasteiger partial charge in [-0.2, -0.15) is 0 Å². The summed E-state index contributed by atoms with van der Waals surface area (Å²) in [6.45, 7) is 4.38. The molecule has 1 aliphatic rings. The van der Waals surface area contributed by atoms with Crippen LogP contribution in [0.5, 0.6) is 0 Å². The van der Waals surface area contributed by atoms with E-state index in [4.69, 9.17) is 16.6 Å². The molecular formula is C18H19ClN4S2. The third kappa shape index (κ3) is 3.61. The third-order valence-corrected chi connectivity index (χ3v) is 6.39. The van der Waals surface area contributed by atoms with E-state index >= 15 is 0 Å². The van der Waals surface area contributed by atoms with Crippen LogP contribution in [0.25, 0.3) is 10.6 Å². The lowest BCUT2D eigenvalue weighted by Gasteiger charge is -2.12. The van der Waals surface area contributed by atoms with Crippen LogP contribution in [0.3, 0.4) is 0 Å². The fourth-order valence-electron chi connectivity index (χ4n) is 2.76. The zero-order chi connectivity index (χ0) is 17.4. The zero-order valence-corrected chi connectivity index (χ0v) is 16.5. The van der Waals surface area contributed by atoms with Gasteiger partial charge in [-0.25, -0.2) is 4.98 Å². The van der Waals surface area contributed by atoms with E-state index in [1.54, 1.807) is 23.1 Å². The molecule has 1 saturated carbocycles. The number of halogens is 1. The molecule has 0 bridgehead atoms. The van der Waals surface area contributed by atoms with Gasteiger partial charge in [0, 0.05) is 28.7 Å². The monoisotopic (exact) mass is 390 g/mol. The molecule has 25 heavy (non-hydrogen) atoms. The largest absolute Gasteiger partial charge is 0.303 e. The van der Waals surface area contributed by atoms with Gasteiger partial charge in [-0.05, 0) is 32.8 Å². The number of thioether (sulfide) groups is 1. The lowest BCUT2D eigenvalue weighted by molar-refractivity contribution is 0.526. The van der Waals surface area contributed by atoms with Crippen LogP contribution in [-0.4, -0.2) is 19.7 Å². The SMILES string of the molecule is CC(C)n1c(SCc2csc(-c3ccccc3Cl)n2)nnc1C1CC1. The summed E-state index contributed by atoms with van der Waals surface area (Å²) >= 11 is 9.61. The van der Waals surface area contributed by atoms with Crippen molar-refractivity contribution in [1.29, 1.82) is 0 Å². The minimum atomic E-state index is 0.377. The molecule has 0 N–H and O–H groups in total. The predicted octanol–water partition coefficient (Wildman–Crippen LogP) is 5.81. The molecule has 0 saturated heterocycles. The number of benzene rings is 1. The van der Waals surface area contributed by atoms with Crippen LogP contribution in [-0.2, 0) is 5.75 Å². The summed E-state index contributed by atoms with van der Waals surface area (Å²) in [5, 5.41) is 13.7. The molecular weight excluding hydrogens is 372 g/mol. The molecule has 1 aromatic carbocycles. The Kier molecular flexibility index (Phi) is 4.84. The summed E-state index contributed by atoms with van der Waals surface area (Å²) in [6.07, 6.45) is 2.48. The Labute approximate surface area is 160 Å². The van der Waals surface area contributed by atoms with Crippen LogP contribution >= 0.6 is 34.7 Å². The van der Waals surface area contributed by atoms with Gasteiger partial charge in [0.15, 0.2) is 5.16 Å². The first kappa shape index (κ1) is 17.1. The van der Waals surface area contributed by atoms with Crippen molar-refractivity contribution in [2.75, 3.05) is 0 Å². The molecule has 0 unspecified atom stereocenters. The summed E-state index contributed by atoms with van der Waals surface area (Å²) in [4.78, 5) is 4.74. The molecule has 1 aliphatic carbocycles. The molecule has 3 aromatic rings. The Morgan fingerprint density at radius 1 is 1.28 bits per heavy atom. The van der Waals surface area contributed by atoms with Crippen molar-refractivity contribution in [2.45, 2.75) is 49.6 Å². The fourth-order valence-corrected chi connectivity index (χ4v) is 4.97. The average Bonchev–Trinajstić information content (AvgIpc) is 3.18. The highest BCUT2D eigenvalue weighted by molar-refractivity contribution is 7.98. The molecule has 0 spiro atoms. The van der Waals surface area contributed by atoms with Crippen molar-refractivity contribution in [3.63, 3.8) is 0 Å². The second-order valence-corrected chi connectivity index (χ2v) is 8.70. The Balaban J connectivity index is 1.50. The Morgan fingerprint density at radius 3 is 2.80 bits per heavy atom. The average molecular weight is 391 g/mol. The zero-order valence-electron chi connectivity index (χ0n) is 14.1. The van der Waals surface area contributed by atoms with Crippen LogP contribution in [0.2, 0.25) is 5.02 Å². The van der Waals surface area contributed by atoms with Crippen LogP contribution < -0.4 is 0 Å². The van der Waals surface area contributed by atoms with Gasteiger partial charge in [0.05, 0.1) is 10.7 Å². The van der Waals surface area contributed by atoms with Gasteiger partial charge in [0.1, 0.15) is 10.8 Å². The number of hydrogen-bond acceptors (Lipinski definition) is 5. The first-order chi connectivity index (χ1) is 12.1. The second-order valence-electron chi connectivity index (χ2n) is 6.49. The van der Waals surface area contributed by atoms with Crippen molar-refractivity contribution in [3.8, 4) is 10.6 Å². The molecule has 7 heteroatoms. The second kappa shape index (κ2) is 7.09. The molecule has 4 nitrogen and oxygen atoms in total. The first-order valence-corrected chi connectivity index (χ1v) is 10.6. The maximum atomic E-state index is 6.27. The van der Waals surface area contributed by atoms with Crippen molar-refractivity contribution in [1.82, 2.24) is 19.7 Å². The quantitative estimate of drug-likeness (QED) is 0.498. The van der Waals surface area contributed by atoms with Crippen LogP contribution in [0.4, 0.5) is 0 Å². The molecule has 0 amide bonds. The predicted molar refractivity (Wildman–Crippen MR) is 105 cm³/mol. The topological polar surface area (TPSA) is 43.6 Å². The maximum Gasteiger partial charge on any atom is 0.191 e. The third-order valence-electron chi connectivity index (χ3n) is 4.15. The molecule has 2 aromatic heterocycles. The highest BCUT2D eigenvalue weighted by Crippen LogP contribution is 2.41. The maximum absolute atomic E-state index is 6.27. The first-order valence-electron chi connectivity index (χ1n) is 8.40. The van der Waals surface area contributed by atoms with Crippen LogP contribution in [0.1, 0.15) is 50.2 Å². The van der Waals surface area contributed by atoms with E-state index in [-0.39, 0.29) is 0 Å². The number of nitrogens with zero attached hydrogens (tertiary/aromatic N) is 4. The summed E-state index contributed by atoms with van der Waals surface area (Å²) in [5.74, 6) is 2.54. The van der Waals surface area contributed by atoms with Gasteiger partial charge in [0.2, 0.25) is 0 Å². The highest BCUT2D eigenvalue weighted by atomic mass is 35.5. The van der Waals surface area contributed by atoms with E-state index < -0.39 is 0 Å². The molecule has 130 valence electrons. The molecule has 0 aliphatic heterocycles. The number of hydrogen-bond donors (Lipinski definition) is 0. The van der Waals surface area contributed by atoms with Gasteiger partial charge in [-0.15, -0.1) is 21.5 Å². The van der Waals surface area contributed by atoms with Crippen molar-refractivity contribution < 1.29 is 0 Å². The smallest absolute Gasteiger partial charge is 0.191 e. The molecule has 0 atom stereocenters. The summed E-state index contributed by atoms with van der Waals surface area (Å²) in [6, 6.07) is 8.21. The van der Waals surface area contributed by atoms with Crippen molar-refractivity contribution >= 4 is 34.7 Å². The Hall–Kier alpha value is -1.37. The van der Waals surface area contributed by atoms with Gasteiger partial charge >= 0.3 is 0 Å². The van der Waals surface area contributed by atoms with E-state index in [2.05, 4.69) is 34.0 Å². The highest BCUT2D eigenvalue weighted by Gasteiger charge is 2.31. The van der Waals surface area contributed by atoms with E-state index in [1.807, 2.05) is 24.3 Å². The minimum absolute atomic E-state index is 0.377. The number of thiazole rings is 1. The fraction of sp³-hybridized carbons (Fsp3) is 0.389. The van der Waals surface area contributed by atoms with E-state index in [9.17, 15) is 0 Å². The van der Waals surface area contributed by atoms with Crippen LogP contribution in [0.15, 0.2) is 34.8 Å². The standard InChI is InChI=1S/C18H19ClN4S2/c1-11(2)23-16(12-7-8-12)21-22-18(23)25-10-13-9-24-17(20-13)14-5-3-4-6-15(14)19/h3-6,9,11-12H,7-8,10H2,1-2H3. The lowest BCUT2D eigenvalue weighted by atomic mass is 10.2. The van der Waals surface area contributed by atoms with Crippen LogP contribution in [0, 0.1) is 0 Å². The van der Waals surface area contributed by atoms with Crippen molar-refractivity contribution in [3.05, 3.63) is 46.2 Å². The van der Waals surface area contributed by atoms with E-state index in [0.717, 1.165) is 38.0 Å².